The molecule has 1 atom stereocenters. The topological polar surface area (TPSA) is 114 Å². The molecule has 3 aromatic rings. The predicted octanol–water partition coefficient (Wildman–Crippen LogP) is 4.81. The highest BCUT2D eigenvalue weighted by atomic mass is 32.2. The van der Waals surface area contributed by atoms with Gasteiger partial charge in [0.05, 0.1) is 32.0 Å². The number of alkyl halides is 2. The minimum Gasteiger partial charge on any atom is -0.479 e. The van der Waals surface area contributed by atoms with Crippen molar-refractivity contribution < 1.29 is 32.0 Å². The SMILES string of the molecule is C[C@@H](Oc1cc(F)ccc1Nc1ncnc2cc(N=S3(=O)CCC3)cc(C(F)F)c12)C(=O)O. The minimum atomic E-state index is -2.91. The second kappa shape index (κ2) is 8.85. The van der Waals surface area contributed by atoms with Gasteiger partial charge in [0.25, 0.3) is 6.43 Å². The third-order valence-corrected chi connectivity index (χ3v) is 7.43. The van der Waals surface area contributed by atoms with Crippen molar-refractivity contribution in [3.05, 3.63) is 48.0 Å². The fourth-order valence-corrected chi connectivity index (χ4v) is 4.72. The van der Waals surface area contributed by atoms with Crippen LogP contribution in [0.25, 0.3) is 10.9 Å². The summed E-state index contributed by atoms with van der Waals surface area (Å²) in [5.74, 6) is -1.25. The number of carbonyl (C=O) groups is 1. The van der Waals surface area contributed by atoms with E-state index in [9.17, 15) is 22.2 Å². The quantitative estimate of drug-likeness (QED) is 0.499. The first-order chi connectivity index (χ1) is 15.6. The number of aromatic nitrogens is 2. The lowest BCUT2D eigenvalue weighted by molar-refractivity contribution is -0.144. The van der Waals surface area contributed by atoms with E-state index in [4.69, 9.17) is 9.84 Å². The molecule has 0 radical (unpaired) electrons. The highest BCUT2D eigenvalue weighted by Crippen LogP contribution is 2.38. The largest absolute Gasteiger partial charge is 0.479 e. The van der Waals surface area contributed by atoms with Gasteiger partial charge in [0, 0.05) is 23.1 Å². The first-order valence-electron chi connectivity index (χ1n) is 9.90. The van der Waals surface area contributed by atoms with Crippen LogP contribution in [0, 0.1) is 5.82 Å². The van der Waals surface area contributed by atoms with E-state index in [0.29, 0.717) is 11.5 Å². The van der Waals surface area contributed by atoms with E-state index in [-0.39, 0.29) is 33.8 Å². The van der Waals surface area contributed by atoms with Gasteiger partial charge in [-0.05, 0) is 37.6 Å². The molecule has 2 heterocycles. The van der Waals surface area contributed by atoms with Crippen LogP contribution in [0.1, 0.15) is 25.3 Å². The van der Waals surface area contributed by atoms with Crippen LogP contribution in [0.3, 0.4) is 0 Å². The molecule has 174 valence electrons. The molecule has 2 aromatic carbocycles. The molecule has 1 aliphatic rings. The number of aliphatic carboxylic acids is 1. The fraction of sp³-hybridized carbons (Fsp3) is 0.286. The van der Waals surface area contributed by atoms with Gasteiger partial charge < -0.3 is 15.2 Å². The maximum Gasteiger partial charge on any atom is 0.344 e. The molecular weight excluding hydrogens is 461 g/mol. The lowest BCUT2D eigenvalue weighted by Crippen LogP contribution is -2.23. The van der Waals surface area contributed by atoms with Crippen LogP contribution in [-0.2, 0) is 14.5 Å². The van der Waals surface area contributed by atoms with E-state index in [0.717, 1.165) is 30.9 Å². The molecule has 2 N–H and O–H groups in total. The Morgan fingerprint density at radius 1 is 1.24 bits per heavy atom. The van der Waals surface area contributed by atoms with Gasteiger partial charge in [-0.25, -0.2) is 32.1 Å². The molecular formula is C21H19F3N4O4S. The first kappa shape index (κ1) is 22.8. The number of carboxylic acid groups (broad SMARTS) is 1. The summed E-state index contributed by atoms with van der Waals surface area (Å²) < 4.78 is 63.6. The fourth-order valence-electron chi connectivity index (χ4n) is 3.27. The lowest BCUT2D eigenvalue weighted by Gasteiger charge is -2.19. The smallest absolute Gasteiger partial charge is 0.344 e. The molecule has 8 nitrogen and oxygen atoms in total. The van der Waals surface area contributed by atoms with E-state index < -0.39 is 39.6 Å². The molecule has 12 heteroatoms. The Labute approximate surface area is 187 Å². The van der Waals surface area contributed by atoms with Gasteiger partial charge in [0.15, 0.2) is 6.10 Å². The predicted molar refractivity (Wildman–Crippen MR) is 116 cm³/mol. The summed E-state index contributed by atoms with van der Waals surface area (Å²) in [6.07, 6.45) is -2.28. The van der Waals surface area contributed by atoms with Crippen molar-refractivity contribution in [2.45, 2.75) is 25.9 Å². The average Bonchev–Trinajstić information content (AvgIpc) is 2.73. The van der Waals surface area contributed by atoms with Crippen molar-refractivity contribution in [2.75, 3.05) is 16.8 Å². The van der Waals surface area contributed by atoms with Gasteiger partial charge in [0.2, 0.25) is 0 Å². The Kier molecular flexibility index (Phi) is 6.11. The second-order valence-corrected chi connectivity index (χ2v) is 9.99. The van der Waals surface area contributed by atoms with Crippen LogP contribution in [0.15, 0.2) is 41.0 Å². The summed E-state index contributed by atoms with van der Waals surface area (Å²) in [5, 5.41) is 11.9. The number of nitrogens with zero attached hydrogens (tertiary/aromatic N) is 3. The van der Waals surface area contributed by atoms with Crippen LogP contribution in [0.2, 0.25) is 0 Å². The zero-order valence-electron chi connectivity index (χ0n) is 17.3. The zero-order valence-corrected chi connectivity index (χ0v) is 18.1. The molecule has 33 heavy (non-hydrogen) atoms. The highest BCUT2D eigenvalue weighted by molar-refractivity contribution is 7.95. The second-order valence-electron chi connectivity index (χ2n) is 7.44. The van der Waals surface area contributed by atoms with Crippen LogP contribution in [0.5, 0.6) is 5.75 Å². The molecule has 0 aliphatic carbocycles. The van der Waals surface area contributed by atoms with E-state index in [1.54, 1.807) is 0 Å². The molecule has 1 saturated heterocycles. The first-order valence-corrected chi connectivity index (χ1v) is 11.8. The maximum absolute atomic E-state index is 14.0. The van der Waals surface area contributed by atoms with E-state index in [1.807, 2.05) is 0 Å². The van der Waals surface area contributed by atoms with E-state index >= 15 is 0 Å². The molecule has 0 saturated carbocycles. The number of hydrogen-bond donors (Lipinski definition) is 2. The number of hydrogen-bond acceptors (Lipinski definition) is 7. The number of ether oxygens (including phenoxy) is 1. The number of halogens is 3. The summed E-state index contributed by atoms with van der Waals surface area (Å²) >= 11 is 0. The van der Waals surface area contributed by atoms with Crippen LogP contribution in [0.4, 0.5) is 30.4 Å². The standard InChI is InChI=1S/C21H19F3N4O4S/c1-11(21(29)30)32-17-7-12(22)3-4-15(17)27-20-18-14(19(23)24)8-13(9-16(18)25-10-26-20)28-33(31)5-2-6-33/h3-4,7-11,19H,2,5-6H2,1H3,(H,29,30)(H,25,26,27)/t11-/m1/s1. The van der Waals surface area contributed by atoms with Gasteiger partial charge in [-0.15, -0.1) is 0 Å². The van der Waals surface area contributed by atoms with Gasteiger partial charge in [-0.1, -0.05) is 0 Å². The molecule has 1 aromatic heterocycles. The molecule has 0 amide bonds. The Morgan fingerprint density at radius 3 is 2.64 bits per heavy atom. The van der Waals surface area contributed by atoms with Crippen LogP contribution in [-0.4, -0.2) is 42.9 Å². The summed E-state index contributed by atoms with van der Waals surface area (Å²) in [5.41, 5.74) is -0.000781. The molecule has 0 spiro atoms. The van der Waals surface area contributed by atoms with Crippen molar-refractivity contribution in [2.24, 2.45) is 4.36 Å². The number of anilines is 2. The Morgan fingerprint density at radius 2 is 2.00 bits per heavy atom. The van der Waals surface area contributed by atoms with Crippen molar-refractivity contribution in [3.63, 3.8) is 0 Å². The molecule has 1 aliphatic heterocycles. The number of rotatable bonds is 7. The number of carboxylic acids is 1. The van der Waals surface area contributed by atoms with Crippen LogP contribution < -0.4 is 10.1 Å². The summed E-state index contributed by atoms with van der Waals surface area (Å²) in [4.78, 5) is 19.2. The van der Waals surface area contributed by atoms with E-state index in [2.05, 4.69) is 19.6 Å². The molecule has 0 unspecified atom stereocenters. The number of benzene rings is 2. The maximum atomic E-state index is 14.0. The lowest BCUT2D eigenvalue weighted by atomic mass is 10.1. The molecule has 1 fully saturated rings. The van der Waals surface area contributed by atoms with Gasteiger partial charge in [-0.2, -0.15) is 4.36 Å². The number of nitrogens with one attached hydrogen (secondary N) is 1. The summed E-state index contributed by atoms with van der Waals surface area (Å²) in [6, 6.07) is 5.96. The monoisotopic (exact) mass is 480 g/mol. The normalized spacial score (nSPS) is 15.7. The Balaban J connectivity index is 1.80. The highest BCUT2D eigenvalue weighted by Gasteiger charge is 2.23. The number of fused-ring (bicyclic) bond motifs is 1. The van der Waals surface area contributed by atoms with Crippen molar-refractivity contribution >= 4 is 43.8 Å². The molecule has 0 bridgehead atoms. The average molecular weight is 480 g/mol. The van der Waals surface area contributed by atoms with Gasteiger partial charge >= 0.3 is 5.97 Å². The molecule has 4 rings (SSSR count). The van der Waals surface area contributed by atoms with Crippen molar-refractivity contribution in [1.82, 2.24) is 9.97 Å². The van der Waals surface area contributed by atoms with Gasteiger partial charge in [0.1, 0.15) is 23.7 Å². The van der Waals surface area contributed by atoms with E-state index in [1.165, 1.54) is 19.1 Å². The Bertz CT molecular complexity index is 1350. The van der Waals surface area contributed by atoms with Crippen molar-refractivity contribution in [3.8, 4) is 5.75 Å². The van der Waals surface area contributed by atoms with Crippen molar-refractivity contribution in [1.29, 1.82) is 0 Å². The summed E-state index contributed by atoms with van der Waals surface area (Å²) in [7, 11) is -2.42. The van der Waals surface area contributed by atoms with Crippen LogP contribution >= 0.6 is 0 Å². The summed E-state index contributed by atoms with van der Waals surface area (Å²) in [6.45, 7) is 1.27. The minimum absolute atomic E-state index is 0.00318. The van der Waals surface area contributed by atoms with Gasteiger partial charge in [-0.3, -0.25) is 0 Å². The zero-order chi connectivity index (χ0) is 23.8. The third-order valence-electron chi connectivity index (χ3n) is 5.03. The third kappa shape index (κ3) is 4.85. The Hall–Kier alpha value is -3.41.